The lowest BCUT2D eigenvalue weighted by molar-refractivity contribution is -0.464. The van der Waals surface area contributed by atoms with Gasteiger partial charge in [-0.05, 0) is 18.3 Å². The van der Waals surface area contributed by atoms with E-state index in [1.807, 2.05) is 0 Å². The first-order valence-electron chi connectivity index (χ1n) is 9.76. The minimum Gasteiger partial charge on any atom is -0.481 e. The Morgan fingerprint density at radius 3 is 1.15 bits per heavy atom. The molecule has 0 heterocycles. The van der Waals surface area contributed by atoms with Gasteiger partial charge < -0.3 is 15.3 Å². The van der Waals surface area contributed by atoms with Crippen LogP contribution in [0.25, 0.3) is 0 Å². The summed E-state index contributed by atoms with van der Waals surface area (Å²) in [5.74, 6) is -76.9. The number of hydrogen-bond acceptors (Lipinski definition) is 3. The van der Waals surface area contributed by atoms with Gasteiger partial charge in [-0.3, -0.25) is 9.59 Å². The molecule has 0 aromatic heterocycles. The van der Waals surface area contributed by atoms with Gasteiger partial charge >= 0.3 is 59.6 Å². The van der Waals surface area contributed by atoms with Crippen LogP contribution >= 0.6 is 0 Å². The summed E-state index contributed by atoms with van der Waals surface area (Å²) in [6.45, 7) is 0. The van der Waals surface area contributed by atoms with Crippen molar-refractivity contribution in [2.45, 2.75) is 60.2 Å². The molecule has 2 aliphatic rings. The van der Waals surface area contributed by atoms with Gasteiger partial charge in [0, 0.05) is 0 Å². The van der Waals surface area contributed by atoms with Crippen molar-refractivity contribution >= 4 is 11.9 Å². The fourth-order valence-corrected chi connectivity index (χ4v) is 4.92. The Balaban J connectivity index is 2.65. The van der Waals surface area contributed by atoms with Gasteiger partial charge in [0.05, 0.1) is 23.9 Å². The van der Waals surface area contributed by atoms with Crippen molar-refractivity contribution < 1.29 is 99.5 Å². The van der Waals surface area contributed by atoms with Crippen molar-refractivity contribution in [3.8, 4) is 0 Å². The summed E-state index contributed by atoms with van der Waals surface area (Å²) in [5, 5.41) is 27.9. The lowest BCUT2D eigenvalue weighted by Crippen LogP contribution is -2.75. The van der Waals surface area contributed by atoms with E-state index in [4.69, 9.17) is 10.2 Å². The lowest BCUT2D eigenvalue weighted by Gasteiger charge is -2.46. The third kappa shape index (κ3) is 3.85. The Kier molecular flexibility index (Phi) is 7.26. The van der Waals surface area contributed by atoms with E-state index in [0.29, 0.717) is 0 Å². The molecule has 2 fully saturated rings. The van der Waals surface area contributed by atoms with Crippen molar-refractivity contribution in [3.05, 3.63) is 0 Å². The van der Waals surface area contributed by atoms with Crippen molar-refractivity contribution in [1.29, 1.82) is 0 Å². The molecule has 5 nitrogen and oxygen atoms in total. The van der Waals surface area contributed by atoms with E-state index in [2.05, 4.69) is 0 Å². The molecule has 228 valence electrons. The average molecular weight is 618 g/mol. The zero-order chi connectivity index (χ0) is 31.3. The van der Waals surface area contributed by atoms with Crippen LogP contribution in [0.15, 0.2) is 0 Å². The van der Waals surface area contributed by atoms with E-state index in [9.17, 15) is 89.3 Å². The lowest BCUT2D eigenvalue weighted by atomic mass is 9.68. The number of aliphatic hydroxyl groups excluding tert-OH is 1. The van der Waals surface area contributed by atoms with Gasteiger partial charge in [-0.15, -0.1) is 0 Å². The molecule has 2 bridgehead atoms. The molecule has 22 heteroatoms. The maximum atomic E-state index is 14.7. The molecule has 0 amide bonds. The Bertz CT molecular complexity index is 1010. The van der Waals surface area contributed by atoms with E-state index in [1.165, 1.54) is 0 Å². The minimum atomic E-state index is -8.83. The molecule has 6 atom stereocenters. The number of rotatable bonds is 9. The van der Waals surface area contributed by atoms with Crippen LogP contribution in [0.2, 0.25) is 0 Å². The van der Waals surface area contributed by atoms with Crippen LogP contribution in [-0.2, 0) is 9.59 Å². The average Bonchev–Trinajstić information content (AvgIpc) is 3.27. The monoisotopic (exact) mass is 618 g/mol. The van der Waals surface area contributed by atoms with Crippen molar-refractivity contribution in [2.75, 3.05) is 0 Å². The van der Waals surface area contributed by atoms with Crippen molar-refractivity contribution in [1.82, 2.24) is 0 Å². The Labute approximate surface area is 202 Å². The molecular formula is C17H11F17O5. The van der Waals surface area contributed by atoms with Crippen molar-refractivity contribution in [2.24, 2.45) is 29.6 Å². The second-order valence-electron chi connectivity index (χ2n) is 8.87. The molecule has 6 unspecified atom stereocenters. The molecule has 0 aliphatic heterocycles. The number of halogens is 17. The highest BCUT2D eigenvalue weighted by Crippen LogP contribution is 2.68. The van der Waals surface area contributed by atoms with Crippen LogP contribution < -0.4 is 0 Å². The third-order valence-corrected chi connectivity index (χ3v) is 6.86. The summed E-state index contributed by atoms with van der Waals surface area (Å²) in [4.78, 5) is 22.5. The van der Waals surface area contributed by atoms with Crippen LogP contribution in [0.3, 0.4) is 0 Å². The van der Waals surface area contributed by atoms with E-state index in [0.717, 1.165) is 0 Å². The van der Waals surface area contributed by atoms with E-state index < -0.39 is 102 Å². The Hall–Kier alpha value is -2.29. The molecule has 3 N–H and O–H groups in total. The molecule has 2 aliphatic carbocycles. The molecule has 0 aromatic rings. The summed E-state index contributed by atoms with van der Waals surface area (Å²) in [7, 11) is 0. The third-order valence-electron chi connectivity index (χ3n) is 6.86. The van der Waals surface area contributed by atoms with Crippen LogP contribution in [0.5, 0.6) is 0 Å². The molecule has 0 aromatic carbocycles. The second-order valence-corrected chi connectivity index (χ2v) is 8.87. The van der Waals surface area contributed by atoms with Gasteiger partial charge in [-0.2, -0.15) is 74.6 Å². The summed E-state index contributed by atoms with van der Waals surface area (Å²) in [6, 6.07) is 0. The highest BCUT2D eigenvalue weighted by Gasteiger charge is 2.96. The van der Waals surface area contributed by atoms with Crippen LogP contribution in [0, 0.1) is 29.6 Å². The molecule has 2 saturated carbocycles. The normalized spacial score (nSPS) is 29.6. The van der Waals surface area contributed by atoms with Crippen LogP contribution in [0.1, 0.15) is 6.42 Å². The number of carbonyl (C=O) groups is 2. The van der Waals surface area contributed by atoms with Gasteiger partial charge in [0.15, 0.2) is 0 Å². The van der Waals surface area contributed by atoms with E-state index >= 15 is 0 Å². The molecule has 0 saturated heterocycles. The summed E-state index contributed by atoms with van der Waals surface area (Å²) in [6.07, 6.45) is -12.4. The predicted molar refractivity (Wildman–Crippen MR) is 84.0 cm³/mol. The molecule has 2 rings (SSSR count). The van der Waals surface area contributed by atoms with Gasteiger partial charge in [0.1, 0.15) is 0 Å². The van der Waals surface area contributed by atoms with E-state index in [1.54, 1.807) is 0 Å². The number of carboxylic acid groups (broad SMARTS) is 2. The fourth-order valence-electron chi connectivity index (χ4n) is 4.92. The maximum absolute atomic E-state index is 14.7. The smallest absolute Gasteiger partial charge is 0.460 e. The van der Waals surface area contributed by atoms with Gasteiger partial charge in [0.2, 0.25) is 0 Å². The summed E-state index contributed by atoms with van der Waals surface area (Å²) < 4.78 is 230. The molecule has 39 heavy (non-hydrogen) atoms. The zero-order valence-corrected chi connectivity index (χ0v) is 17.8. The van der Waals surface area contributed by atoms with Gasteiger partial charge in [0.25, 0.3) is 0 Å². The summed E-state index contributed by atoms with van der Waals surface area (Å²) in [5.41, 5.74) is 0. The molecule has 0 spiro atoms. The first-order chi connectivity index (χ1) is 16.9. The Morgan fingerprint density at radius 2 is 0.821 bits per heavy atom. The molecular weight excluding hydrogens is 607 g/mol. The highest BCUT2D eigenvalue weighted by molar-refractivity contribution is 5.82. The Morgan fingerprint density at radius 1 is 0.513 bits per heavy atom. The number of aliphatic carboxylic acids is 2. The van der Waals surface area contributed by atoms with Gasteiger partial charge in [-0.25, -0.2) is 0 Å². The molecule has 0 radical (unpaired) electrons. The summed E-state index contributed by atoms with van der Waals surface area (Å²) >= 11 is 0. The highest BCUT2D eigenvalue weighted by atomic mass is 19.4. The largest absolute Gasteiger partial charge is 0.481 e. The predicted octanol–water partition coefficient (Wildman–Crippen LogP) is 5.02. The quantitative estimate of drug-likeness (QED) is 0.316. The number of fused-ring (bicyclic) bond motifs is 2. The second kappa shape index (κ2) is 8.60. The maximum Gasteiger partial charge on any atom is 0.460 e. The van der Waals surface area contributed by atoms with E-state index in [-0.39, 0.29) is 0 Å². The number of hydrogen-bond donors (Lipinski definition) is 3. The fraction of sp³-hybridized carbons (Fsp3) is 0.882. The van der Waals surface area contributed by atoms with Gasteiger partial charge in [-0.1, -0.05) is 0 Å². The number of aliphatic hydroxyl groups is 1. The first-order valence-corrected chi connectivity index (χ1v) is 9.76. The topological polar surface area (TPSA) is 94.8 Å². The standard InChI is InChI=1S/C17H11F17O5/c18-10(19,6-2-1-3(7(6)35)5(9(38)39)4(2)8(36)37)11(20,21)12(22,23)13(24,25)14(26,27)15(28,29)16(30,31)17(32,33)34/h2-7,35H,1H2,(H,36,37)(H,38,39). The SMILES string of the molecule is O=C(O)C1C2CC(C1C(=O)O)C(C(F)(F)C(F)(F)C(F)(F)C(F)(F)C(F)(F)C(F)(F)C(F)(F)C(F)(F)F)C2O. The number of alkyl halides is 17. The van der Waals surface area contributed by atoms with Crippen LogP contribution in [-0.4, -0.2) is 81.0 Å². The zero-order valence-electron chi connectivity index (χ0n) is 17.8. The van der Waals surface area contributed by atoms with Crippen LogP contribution in [0.4, 0.5) is 74.6 Å². The first kappa shape index (κ1) is 32.9. The van der Waals surface area contributed by atoms with Crippen molar-refractivity contribution in [3.63, 3.8) is 0 Å². The number of carboxylic acids is 2. The minimum absolute atomic E-state index is 1.28.